The summed E-state index contributed by atoms with van der Waals surface area (Å²) >= 11 is 6.67. The van der Waals surface area contributed by atoms with E-state index in [0.717, 1.165) is 24.0 Å². The fourth-order valence-corrected chi connectivity index (χ4v) is 2.81. The van der Waals surface area contributed by atoms with E-state index in [0.29, 0.717) is 0 Å². The summed E-state index contributed by atoms with van der Waals surface area (Å²) in [5.74, 6) is -1.16. The normalized spacial score (nSPS) is 11.4. The van der Waals surface area contributed by atoms with Gasteiger partial charge in [-0.3, -0.25) is 4.79 Å². The van der Waals surface area contributed by atoms with E-state index < -0.39 is 23.6 Å². The van der Waals surface area contributed by atoms with Crippen LogP contribution in [0.5, 0.6) is 0 Å². The summed E-state index contributed by atoms with van der Waals surface area (Å²) in [4.78, 5) is 20.4. The van der Waals surface area contributed by atoms with Crippen LogP contribution in [0.2, 0.25) is 5.02 Å². The van der Waals surface area contributed by atoms with Crippen LogP contribution < -0.4 is 0 Å². The molecule has 4 nitrogen and oxygen atoms in total. The molecule has 0 saturated heterocycles. The molecule has 2 aromatic rings. The van der Waals surface area contributed by atoms with E-state index in [2.05, 4.69) is 9.97 Å². The molecule has 0 spiro atoms. The summed E-state index contributed by atoms with van der Waals surface area (Å²) in [7, 11) is 1.44. The van der Waals surface area contributed by atoms with Gasteiger partial charge >= 0.3 is 6.18 Å². The molecule has 0 atom stereocenters. The quantitative estimate of drug-likeness (QED) is 0.437. The van der Waals surface area contributed by atoms with Gasteiger partial charge in [-0.15, -0.1) is 0 Å². The topological polar surface area (TPSA) is 46.1 Å². The summed E-state index contributed by atoms with van der Waals surface area (Å²) in [6.07, 6.45) is -3.61. The molecule has 0 unspecified atom stereocenters. The van der Waals surface area contributed by atoms with Gasteiger partial charge in [-0.1, -0.05) is 29.4 Å². The first-order chi connectivity index (χ1) is 11.7. The third kappa shape index (κ3) is 5.30. The lowest BCUT2D eigenvalue weighted by atomic mass is 10.2. The van der Waals surface area contributed by atoms with Gasteiger partial charge in [0.05, 0.1) is 5.75 Å². The van der Waals surface area contributed by atoms with E-state index in [1.54, 1.807) is 0 Å². The van der Waals surface area contributed by atoms with E-state index in [1.807, 2.05) is 0 Å². The van der Waals surface area contributed by atoms with Gasteiger partial charge in [0.2, 0.25) is 5.91 Å². The Balaban J connectivity index is 1.98. The Morgan fingerprint density at radius 2 is 2.04 bits per heavy atom. The number of carbonyl (C=O) groups is 1. The monoisotopic (exact) mass is 393 g/mol. The highest BCUT2D eigenvalue weighted by Crippen LogP contribution is 2.28. The number of aromatic nitrogens is 2. The molecular weight excluding hydrogens is 382 g/mol. The third-order valence-corrected chi connectivity index (χ3v) is 4.33. The number of benzene rings is 1. The Bertz CT molecular complexity index is 752. The van der Waals surface area contributed by atoms with Crippen molar-refractivity contribution in [2.75, 3.05) is 12.8 Å². The molecule has 10 heteroatoms. The summed E-state index contributed by atoms with van der Waals surface area (Å²) in [5, 5.41) is 0.0222. The van der Waals surface area contributed by atoms with Gasteiger partial charge in [-0.25, -0.2) is 14.4 Å². The van der Waals surface area contributed by atoms with Crippen molar-refractivity contribution in [1.82, 2.24) is 14.9 Å². The minimum Gasteiger partial charge on any atom is -0.341 e. The van der Waals surface area contributed by atoms with Crippen molar-refractivity contribution in [3.63, 3.8) is 0 Å². The van der Waals surface area contributed by atoms with Crippen LogP contribution in [0.3, 0.4) is 0 Å². The molecular formula is C15H12ClF4N3OS. The molecule has 0 aliphatic heterocycles. The molecule has 1 aromatic carbocycles. The molecule has 1 heterocycles. The standard InChI is InChI=1S/C15H12ClF4N3OS/c1-23(7-9-10(16)3-2-4-11(9)17)13(24)8-25-14-21-6-5-12(22-14)15(18,19)20/h2-6H,7-8H2,1H3. The molecule has 0 fully saturated rings. The average Bonchev–Trinajstić information content (AvgIpc) is 2.55. The van der Waals surface area contributed by atoms with E-state index in [9.17, 15) is 22.4 Å². The minimum atomic E-state index is -4.58. The van der Waals surface area contributed by atoms with Crippen LogP contribution >= 0.6 is 23.4 Å². The van der Waals surface area contributed by atoms with Crippen molar-refractivity contribution >= 4 is 29.3 Å². The number of carbonyl (C=O) groups excluding carboxylic acids is 1. The molecule has 2 rings (SSSR count). The lowest BCUT2D eigenvalue weighted by molar-refractivity contribution is -0.141. The molecule has 0 radical (unpaired) electrons. The summed E-state index contributed by atoms with van der Waals surface area (Å²) in [6.45, 7) is -0.0612. The number of thioether (sulfide) groups is 1. The van der Waals surface area contributed by atoms with Crippen molar-refractivity contribution < 1.29 is 22.4 Å². The SMILES string of the molecule is CN(Cc1c(F)cccc1Cl)C(=O)CSc1nccc(C(F)(F)F)n1. The van der Waals surface area contributed by atoms with Gasteiger partial charge in [0.1, 0.15) is 11.5 Å². The molecule has 0 N–H and O–H groups in total. The number of amides is 1. The summed E-state index contributed by atoms with van der Waals surface area (Å²) in [5.41, 5.74) is -0.913. The van der Waals surface area contributed by atoms with Crippen LogP contribution in [0.4, 0.5) is 17.6 Å². The molecule has 1 amide bonds. The zero-order chi connectivity index (χ0) is 18.6. The van der Waals surface area contributed by atoms with E-state index >= 15 is 0 Å². The third-order valence-electron chi connectivity index (χ3n) is 3.13. The van der Waals surface area contributed by atoms with Crippen molar-refractivity contribution in [1.29, 1.82) is 0 Å². The second-order valence-corrected chi connectivity index (χ2v) is 6.31. The van der Waals surface area contributed by atoms with Gasteiger partial charge in [-0.2, -0.15) is 13.2 Å². The number of nitrogens with zero attached hydrogens (tertiary/aromatic N) is 3. The first kappa shape index (κ1) is 19.5. The smallest absolute Gasteiger partial charge is 0.341 e. The first-order valence-electron chi connectivity index (χ1n) is 6.88. The number of rotatable bonds is 5. The largest absolute Gasteiger partial charge is 0.433 e. The maximum absolute atomic E-state index is 13.7. The molecule has 0 aliphatic carbocycles. The minimum absolute atomic E-state index is 0.0612. The maximum Gasteiger partial charge on any atom is 0.433 e. The Labute approximate surface area is 150 Å². The Morgan fingerprint density at radius 3 is 2.68 bits per heavy atom. The highest BCUT2D eigenvalue weighted by molar-refractivity contribution is 7.99. The van der Waals surface area contributed by atoms with Crippen LogP contribution in [0.25, 0.3) is 0 Å². The van der Waals surface area contributed by atoms with E-state index in [4.69, 9.17) is 11.6 Å². The Morgan fingerprint density at radius 1 is 1.32 bits per heavy atom. The number of alkyl halides is 3. The van der Waals surface area contributed by atoms with Crippen molar-refractivity contribution in [2.24, 2.45) is 0 Å². The number of hydrogen-bond donors (Lipinski definition) is 0. The van der Waals surface area contributed by atoms with Crippen LogP contribution in [0, 0.1) is 5.82 Å². The van der Waals surface area contributed by atoms with Crippen LogP contribution in [-0.2, 0) is 17.5 Å². The second kappa shape index (κ2) is 8.01. The molecule has 134 valence electrons. The predicted molar refractivity (Wildman–Crippen MR) is 85.6 cm³/mol. The van der Waals surface area contributed by atoms with Crippen molar-refractivity contribution in [3.05, 3.63) is 52.6 Å². The lowest BCUT2D eigenvalue weighted by Crippen LogP contribution is -2.28. The van der Waals surface area contributed by atoms with Crippen LogP contribution in [0.15, 0.2) is 35.6 Å². The van der Waals surface area contributed by atoms with Crippen LogP contribution in [0.1, 0.15) is 11.3 Å². The highest BCUT2D eigenvalue weighted by Gasteiger charge is 2.32. The molecule has 25 heavy (non-hydrogen) atoms. The first-order valence-corrected chi connectivity index (χ1v) is 8.24. The second-order valence-electron chi connectivity index (χ2n) is 4.96. The summed E-state index contributed by atoms with van der Waals surface area (Å²) in [6, 6.07) is 4.93. The fraction of sp³-hybridized carbons (Fsp3) is 0.267. The predicted octanol–water partition coefficient (Wildman–Crippen LogP) is 4.04. The molecule has 1 aromatic heterocycles. The van der Waals surface area contributed by atoms with Crippen molar-refractivity contribution in [2.45, 2.75) is 17.9 Å². The highest BCUT2D eigenvalue weighted by atomic mass is 35.5. The van der Waals surface area contributed by atoms with E-state index in [-0.39, 0.29) is 28.0 Å². The molecule has 0 bridgehead atoms. The lowest BCUT2D eigenvalue weighted by Gasteiger charge is -2.18. The fourth-order valence-electron chi connectivity index (χ4n) is 1.81. The molecule has 0 saturated carbocycles. The van der Waals surface area contributed by atoms with Gasteiger partial charge in [-0.05, 0) is 18.2 Å². The average molecular weight is 394 g/mol. The Hall–Kier alpha value is -1.87. The van der Waals surface area contributed by atoms with Gasteiger partial charge in [0, 0.05) is 30.4 Å². The zero-order valence-electron chi connectivity index (χ0n) is 12.8. The van der Waals surface area contributed by atoms with Gasteiger partial charge in [0.25, 0.3) is 0 Å². The van der Waals surface area contributed by atoms with E-state index in [1.165, 1.54) is 30.1 Å². The number of halogens is 5. The van der Waals surface area contributed by atoms with Gasteiger partial charge < -0.3 is 4.90 Å². The number of hydrogen-bond acceptors (Lipinski definition) is 4. The summed E-state index contributed by atoms with van der Waals surface area (Å²) < 4.78 is 51.5. The van der Waals surface area contributed by atoms with Crippen molar-refractivity contribution in [3.8, 4) is 0 Å². The van der Waals surface area contributed by atoms with Gasteiger partial charge in [0.15, 0.2) is 5.16 Å². The molecule has 0 aliphatic rings. The Kier molecular flexibility index (Phi) is 6.23. The maximum atomic E-state index is 13.7. The van der Waals surface area contributed by atoms with Crippen LogP contribution in [-0.4, -0.2) is 33.6 Å². The zero-order valence-corrected chi connectivity index (χ0v) is 14.4.